The Balaban J connectivity index is 3.20. The zero-order valence-electron chi connectivity index (χ0n) is 11.5. The Morgan fingerprint density at radius 1 is 1.32 bits per heavy atom. The molecule has 19 heavy (non-hydrogen) atoms. The van der Waals surface area contributed by atoms with Crippen LogP contribution in [0.25, 0.3) is 0 Å². The molecule has 104 valence electrons. The van der Waals surface area contributed by atoms with Gasteiger partial charge in [0.1, 0.15) is 12.1 Å². The first-order valence-electron chi connectivity index (χ1n) is 5.86. The molecule has 0 aromatic carbocycles. The van der Waals surface area contributed by atoms with E-state index in [9.17, 15) is 14.4 Å². The number of carbonyl (C=O) groups is 2. The van der Waals surface area contributed by atoms with Crippen molar-refractivity contribution in [3.63, 3.8) is 0 Å². The van der Waals surface area contributed by atoms with Crippen molar-refractivity contribution in [2.45, 2.75) is 33.2 Å². The van der Waals surface area contributed by atoms with Gasteiger partial charge >= 0.3 is 5.97 Å². The summed E-state index contributed by atoms with van der Waals surface area (Å²) in [6, 6.07) is 3.02. The van der Waals surface area contributed by atoms with Gasteiger partial charge in [0.15, 0.2) is 0 Å². The molecule has 0 radical (unpaired) electrons. The molecule has 1 heterocycles. The van der Waals surface area contributed by atoms with Crippen molar-refractivity contribution < 1.29 is 14.7 Å². The first kappa shape index (κ1) is 14.9. The van der Waals surface area contributed by atoms with Crippen molar-refractivity contribution in [3.05, 3.63) is 33.7 Å². The molecule has 1 amide bonds. The first-order chi connectivity index (χ1) is 8.62. The average Bonchev–Trinajstić information content (AvgIpc) is 2.23. The summed E-state index contributed by atoms with van der Waals surface area (Å²) in [5.74, 6) is -1.71. The molecule has 0 saturated heterocycles. The van der Waals surface area contributed by atoms with E-state index in [0.29, 0.717) is 5.69 Å². The minimum absolute atomic E-state index is 0.0539. The zero-order valence-corrected chi connectivity index (χ0v) is 11.5. The van der Waals surface area contributed by atoms with Crippen LogP contribution in [0, 0.1) is 6.92 Å². The molecule has 1 aromatic rings. The minimum atomic E-state index is -1.12. The fraction of sp³-hybridized carbons (Fsp3) is 0.462. The lowest BCUT2D eigenvalue weighted by atomic mass is 10.0. The second-order valence-electron chi connectivity index (χ2n) is 5.34. The predicted octanol–water partition coefficient (Wildman–Crippen LogP) is 1.01. The summed E-state index contributed by atoms with van der Waals surface area (Å²) >= 11 is 0. The number of carboxylic acid groups (broad SMARTS) is 1. The normalized spacial score (nSPS) is 11.2. The van der Waals surface area contributed by atoms with Gasteiger partial charge in [0.05, 0.1) is 0 Å². The van der Waals surface area contributed by atoms with E-state index in [4.69, 9.17) is 5.11 Å². The maximum absolute atomic E-state index is 12.3. The molecular formula is C13H18N2O4. The van der Waals surface area contributed by atoms with E-state index in [1.807, 2.05) is 0 Å². The van der Waals surface area contributed by atoms with E-state index in [1.54, 1.807) is 33.8 Å². The van der Waals surface area contributed by atoms with E-state index in [2.05, 4.69) is 4.98 Å². The average molecular weight is 266 g/mol. The number of carboxylic acids is 1. The molecule has 0 aliphatic carbocycles. The van der Waals surface area contributed by atoms with Gasteiger partial charge in [0, 0.05) is 11.2 Å². The summed E-state index contributed by atoms with van der Waals surface area (Å²) in [7, 11) is 0. The fourth-order valence-electron chi connectivity index (χ4n) is 1.63. The Kier molecular flexibility index (Phi) is 4.14. The number of aliphatic carboxylic acids is 1. The van der Waals surface area contributed by atoms with E-state index < -0.39 is 29.5 Å². The second-order valence-corrected chi connectivity index (χ2v) is 5.34. The quantitative estimate of drug-likeness (QED) is 0.854. The zero-order chi connectivity index (χ0) is 14.8. The number of hydrogen-bond acceptors (Lipinski definition) is 3. The maximum atomic E-state index is 12.3. The molecule has 2 N–H and O–H groups in total. The van der Waals surface area contributed by atoms with Crippen LogP contribution in [0.4, 0.5) is 0 Å². The van der Waals surface area contributed by atoms with Gasteiger partial charge in [-0.3, -0.25) is 14.4 Å². The number of amides is 1. The molecule has 1 rings (SSSR count). The molecule has 0 unspecified atom stereocenters. The summed E-state index contributed by atoms with van der Waals surface area (Å²) in [6.07, 6.45) is 0. The molecule has 6 heteroatoms. The standard InChI is InChI=1S/C13H18N2O4/c1-8-5-6-9(11(18)14-8)12(19)15(7-10(16)17)13(2,3)4/h5-6H,7H2,1-4H3,(H,14,18)(H,16,17). The summed E-state index contributed by atoms with van der Waals surface area (Å²) in [4.78, 5) is 38.6. The van der Waals surface area contributed by atoms with Gasteiger partial charge in [-0.25, -0.2) is 0 Å². The molecule has 0 fully saturated rings. The Hall–Kier alpha value is -2.11. The Morgan fingerprint density at radius 2 is 1.89 bits per heavy atom. The molecule has 0 atom stereocenters. The lowest BCUT2D eigenvalue weighted by Gasteiger charge is -2.34. The van der Waals surface area contributed by atoms with Crippen LogP contribution >= 0.6 is 0 Å². The minimum Gasteiger partial charge on any atom is -0.480 e. The fourth-order valence-corrected chi connectivity index (χ4v) is 1.63. The number of nitrogens with one attached hydrogen (secondary N) is 1. The van der Waals surface area contributed by atoms with E-state index in [-0.39, 0.29) is 5.56 Å². The van der Waals surface area contributed by atoms with Crippen LogP contribution in [-0.2, 0) is 4.79 Å². The van der Waals surface area contributed by atoms with Gasteiger partial charge in [-0.2, -0.15) is 0 Å². The van der Waals surface area contributed by atoms with Crippen LogP contribution in [0.2, 0.25) is 0 Å². The topological polar surface area (TPSA) is 90.5 Å². The highest BCUT2D eigenvalue weighted by Crippen LogP contribution is 2.15. The third-order valence-electron chi connectivity index (χ3n) is 2.63. The van der Waals surface area contributed by atoms with Crippen molar-refractivity contribution in [2.24, 2.45) is 0 Å². The summed E-state index contributed by atoms with van der Waals surface area (Å²) in [5, 5.41) is 8.88. The van der Waals surface area contributed by atoms with Gasteiger partial charge in [0.25, 0.3) is 11.5 Å². The number of aromatic amines is 1. The third-order valence-corrected chi connectivity index (χ3v) is 2.63. The number of hydrogen-bond donors (Lipinski definition) is 2. The van der Waals surface area contributed by atoms with Crippen molar-refractivity contribution >= 4 is 11.9 Å². The highest BCUT2D eigenvalue weighted by molar-refractivity contribution is 5.96. The predicted molar refractivity (Wildman–Crippen MR) is 70.2 cm³/mol. The Labute approximate surface area is 111 Å². The lowest BCUT2D eigenvalue weighted by Crippen LogP contribution is -2.49. The van der Waals surface area contributed by atoms with E-state index >= 15 is 0 Å². The van der Waals surface area contributed by atoms with Crippen LogP contribution in [0.1, 0.15) is 36.8 Å². The van der Waals surface area contributed by atoms with Crippen LogP contribution in [0.5, 0.6) is 0 Å². The Morgan fingerprint density at radius 3 is 2.32 bits per heavy atom. The monoisotopic (exact) mass is 266 g/mol. The summed E-state index contributed by atoms with van der Waals surface area (Å²) in [6.45, 7) is 6.41. The van der Waals surface area contributed by atoms with Gasteiger partial charge in [-0.05, 0) is 39.8 Å². The number of aromatic nitrogens is 1. The molecule has 0 aliphatic heterocycles. The van der Waals surface area contributed by atoms with E-state index in [0.717, 1.165) is 4.90 Å². The van der Waals surface area contributed by atoms with Crippen molar-refractivity contribution in [2.75, 3.05) is 6.54 Å². The van der Waals surface area contributed by atoms with Crippen LogP contribution in [-0.4, -0.2) is 39.0 Å². The number of carbonyl (C=O) groups excluding carboxylic acids is 1. The van der Waals surface area contributed by atoms with Crippen LogP contribution < -0.4 is 5.56 Å². The molecule has 6 nitrogen and oxygen atoms in total. The van der Waals surface area contributed by atoms with Crippen molar-refractivity contribution in [1.82, 2.24) is 9.88 Å². The summed E-state index contributed by atoms with van der Waals surface area (Å²) < 4.78 is 0. The molecular weight excluding hydrogens is 248 g/mol. The first-order valence-corrected chi connectivity index (χ1v) is 5.86. The molecule has 1 aromatic heterocycles. The molecule has 0 saturated carbocycles. The van der Waals surface area contributed by atoms with Crippen molar-refractivity contribution in [1.29, 1.82) is 0 Å². The van der Waals surface area contributed by atoms with Gasteiger partial charge in [-0.1, -0.05) is 0 Å². The van der Waals surface area contributed by atoms with Gasteiger partial charge < -0.3 is 15.0 Å². The molecule has 0 aliphatic rings. The van der Waals surface area contributed by atoms with Crippen molar-refractivity contribution in [3.8, 4) is 0 Å². The van der Waals surface area contributed by atoms with Crippen LogP contribution in [0.3, 0.4) is 0 Å². The highest BCUT2D eigenvalue weighted by Gasteiger charge is 2.30. The highest BCUT2D eigenvalue weighted by atomic mass is 16.4. The molecule has 0 bridgehead atoms. The summed E-state index contributed by atoms with van der Waals surface area (Å²) in [5.41, 5.74) is -0.610. The third kappa shape index (κ3) is 3.67. The number of nitrogens with zero attached hydrogens (tertiary/aromatic N) is 1. The van der Waals surface area contributed by atoms with E-state index in [1.165, 1.54) is 6.07 Å². The van der Waals surface area contributed by atoms with Crippen LogP contribution in [0.15, 0.2) is 16.9 Å². The maximum Gasteiger partial charge on any atom is 0.323 e. The number of rotatable bonds is 3. The molecule has 0 spiro atoms. The van der Waals surface area contributed by atoms with Gasteiger partial charge in [-0.15, -0.1) is 0 Å². The largest absolute Gasteiger partial charge is 0.480 e. The SMILES string of the molecule is Cc1ccc(C(=O)N(CC(=O)O)C(C)(C)C)c(=O)[nH]1. The number of aryl methyl sites for hydroxylation is 1. The lowest BCUT2D eigenvalue weighted by molar-refractivity contribution is -0.138. The number of pyridine rings is 1. The number of H-pyrrole nitrogens is 1. The smallest absolute Gasteiger partial charge is 0.323 e. The second kappa shape index (κ2) is 5.26. The van der Waals surface area contributed by atoms with Gasteiger partial charge in [0.2, 0.25) is 0 Å². The Bertz CT molecular complexity index is 554.